The summed E-state index contributed by atoms with van der Waals surface area (Å²) in [5, 5.41) is 11.8. The van der Waals surface area contributed by atoms with Crippen LogP contribution in [0.4, 0.5) is 10.1 Å². The molecular weight excluding hydrogens is 407 g/mol. The Bertz CT molecular complexity index is 1050. The van der Waals surface area contributed by atoms with Crippen molar-refractivity contribution in [3.63, 3.8) is 0 Å². The number of rotatable bonds is 5. The van der Waals surface area contributed by atoms with Crippen LogP contribution in [-0.4, -0.2) is 26.8 Å². The van der Waals surface area contributed by atoms with E-state index in [0.29, 0.717) is 22.2 Å². The minimum absolute atomic E-state index is 0.0787. The Labute approximate surface area is 179 Å². The van der Waals surface area contributed by atoms with Gasteiger partial charge in [-0.3, -0.25) is 4.79 Å². The minimum Gasteiger partial charge on any atom is -0.481 e. The van der Waals surface area contributed by atoms with Gasteiger partial charge in [-0.15, -0.1) is 10.2 Å². The number of nitrogens with one attached hydrogen (secondary N) is 1. The zero-order valence-corrected chi connectivity index (χ0v) is 17.3. The lowest BCUT2D eigenvalue weighted by Gasteiger charge is -2.16. The predicted octanol–water partition coefficient (Wildman–Crippen LogP) is 4.87. The number of amides is 1. The minimum atomic E-state index is -0.821. The van der Waals surface area contributed by atoms with E-state index < -0.39 is 17.8 Å². The van der Waals surface area contributed by atoms with Gasteiger partial charge in [-0.05, 0) is 62.2 Å². The molecule has 0 aliphatic carbocycles. The summed E-state index contributed by atoms with van der Waals surface area (Å²) in [6, 6.07) is 11.3. The lowest BCUT2D eigenvalue weighted by atomic mass is 10.1. The van der Waals surface area contributed by atoms with Crippen LogP contribution in [0, 0.1) is 5.82 Å². The molecule has 0 saturated heterocycles. The molecule has 0 fully saturated rings. The van der Waals surface area contributed by atoms with E-state index in [1.165, 1.54) is 6.07 Å². The first kappa shape index (κ1) is 20.3. The molecule has 0 saturated carbocycles. The molecule has 30 heavy (non-hydrogen) atoms. The fraction of sp³-hybridized carbons (Fsp3) is 0.318. The first-order chi connectivity index (χ1) is 14.5. The van der Waals surface area contributed by atoms with Crippen LogP contribution in [0.25, 0.3) is 11.4 Å². The monoisotopic (exact) mass is 428 g/mol. The van der Waals surface area contributed by atoms with Gasteiger partial charge in [-0.25, -0.2) is 4.39 Å². The van der Waals surface area contributed by atoms with Crippen LogP contribution in [0.3, 0.4) is 0 Å². The van der Waals surface area contributed by atoms with Crippen LogP contribution in [0.5, 0.6) is 5.75 Å². The molecule has 2 aromatic carbocycles. The summed E-state index contributed by atoms with van der Waals surface area (Å²) in [5.74, 6) is 1.15. The van der Waals surface area contributed by atoms with E-state index in [2.05, 4.69) is 20.1 Å². The number of carbonyl (C=O) groups excluding carboxylic acids is 1. The Morgan fingerprint density at radius 2 is 1.97 bits per heavy atom. The van der Waals surface area contributed by atoms with Gasteiger partial charge >= 0.3 is 0 Å². The van der Waals surface area contributed by atoms with Crippen molar-refractivity contribution in [2.45, 2.75) is 45.3 Å². The zero-order chi connectivity index (χ0) is 21.1. The Morgan fingerprint density at radius 1 is 1.17 bits per heavy atom. The van der Waals surface area contributed by atoms with Gasteiger partial charge in [0.15, 0.2) is 11.9 Å². The lowest BCUT2D eigenvalue weighted by Crippen LogP contribution is -2.30. The highest BCUT2D eigenvalue weighted by Gasteiger charge is 2.20. The fourth-order valence-corrected chi connectivity index (χ4v) is 3.59. The first-order valence-electron chi connectivity index (χ1n) is 9.96. The van der Waals surface area contributed by atoms with Crippen molar-refractivity contribution in [3.8, 4) is 17.1 Å². The van der Waals surface area contributed by atoms with Crippen molar-refractivity contribution in [3.05, 3.63) is 59.1 Å². The Balaban J connectivity index is 1.51. The zero-order valence-electron chi connectivity index (χ0n) is 16.6. The summed E-state index contributed by atoms with van der Waals surface area (Å²) < 4.78 is 22.1. The van der Waals surface area contributed by atoms with E-state index in [-0.39, 0.29) is 5.69 Å². The SMILES string of the molecule is CC(Oc1ccc(Cl)cc1)C(=O)Nc1cc(-c2nnc3n2CCCCC3)ccc1F. The molecule has 1 aromatic heterocycles. The maximum absolute atomic E-state index is 14.4. The second-order valence-corrected chi connectivity index (χ2v) is 7.74. The van der Waals surface area contributed by atoms with Crippen molar-refractivity contribution in [2.24, 2.45) is 0 Å². The second-order valence-electron chi connectivity index (χ2n) is 7.30. The molecule has 4 rings (SSSR count). The Morgan fingerprint density at radius 3 is 2.77 bits per heavy atom. The Hall–Kier alpha value is -2.93. The third kappa shape index (κ3) is 4.46. The first-order valence-corrected chi connectivity index (χ1v) is 10.3. The molecular formula is C22H22ClFN4O2. The van der Waals surface area contributed by atoms with E-state index in [0.717, 1.165) is 38.1 Å². The number of carbonyl (C=O) groups is 1. The normalized spacial score (nSPS) is 14.5. The summed E-state index contributed by atoms with van der Waals surface area (Å²) in [4.78, 5) is 12.5. The van der Waals surface area contributed by atoms with Gasteiger partial charge < -0.3 is 14.6 Å². The molecule has 1 aliphatic heterocycles. The quantitative estimate of drug-likeness (QED) is 0.629. The fourth-order valence-electron chi connectivity index (χ4n) is 3.46. The van der Waals surface area contributed by atoms with Crippen molar-refractivity contribution in [1.82, 2.24) is 14.8 Å². The molecule has 0 spiro atoms. The number of fused-ring (bicyclic) bond motifs is 1. The van der Waals surface area contributed by atoms with Crippen LogP contribution in [-0.2, 0) is 17.8 Å². The number of benzene rings is 2. The van der Waals surface area contributed by atoms with E-state index >= 15 is 0 Å². The van der Waals surface area contributed by atoms with Gasteiger partial charge in [-0.1, -0.05) is 18.0 Å². The maximum Gasteiger partial charge on any atom is 0.265 e. The molecule has 1 amide bonds. The van der Waals surface area contributed by atoms with Crippen LogP contribution in [0.2, 0.25) is 5.02 Å². The summed E-state index contributed by atoms with van der Waals surface area (Å²) in [6.07, 6.45) is 3.37. The second kappa shape index (κ2) is 8.83. The van der Waals surface area contributed by atoms with Crippen LogP contribution >= 0.6 is 11.6 Å². The van der Waals surface area contributed by atoms with Crippen molar-refractivity contribution in [1.29, 1.82) is 0 Å². The van der Waals surface area contributed by atoms with Gasteiger partial charge in [0.2, 0.25) is 0 Å². The maximum atomic E-state index is 14.4. The number of ether oxygens (including phenoxy) is 1. The van der Waals surface area contributed by atoms with Crippen molar-refractivity contribution >= 4 is 23.2 Å². The van der Waals surface area contributed by atoms with Crippen molar-refractivity contribution in [2.75, 3.05) is 5.32 Å². The Kier molecular flexibility index (Phi) is 5.99. The largest absolute Gasteiger partial charge is 0.481 e. The van der Waals surface area contributed by atoms with Crippen LogP contribution < -0.4 is 10.1 Å². The number of anilines is 1. The number of hydrogen-bond acceptors (Lipinski definition) is 4. The molecule has 0 bridgehead atoms. The van der Waals surface area contributed by atoms with Gasteiger partial charge in [0.1, 0.15) is 17.4 Å². The third-order valence-electron chi connectivity index (χ3n) is 5.09. The molecule has 1 aliphatic rings. The van der Waals surface area contributed by atoms with Gasteiger partial charge in [-0.2, -0.15) is 0 Å². The molecule has 156 valence electrons. The third-order valence-corrected chi connectivity index (χ3v) is 5.34. The smallest absolute Gasteiger partial charge is 0.265 e. The molecule has 6 nitrogen and oxygen atoms in total. The van der Waals surface area contributed by atoms with Crippen LogP contribution in [0.1, 0.15) is 32.0 Å². The molecule has 1 unspecified atom stereocenters. The molecule has 1 atom stereocenters. The molecule has 3 aromatic rings. The number of aryl methyl sites for hydroxylation is 1. The molecule has 0 radical (unpaired) electrons. The highest BCUT2D eigenvalue weighted by molar-refractivity contribution is 6.30. The highest BCUT2D eigenvalue weighted by atomic mass is 35.5. The average molecular weight is 429 g/mol. The van der Waals surface area contributed by atoms with Gasteiger partial charge in [0, 0.05) is 23.6 Å². The lowest BCUT2D eigenvalue weighted by molar-refractivity contribution is -0.122. The average Bonchev–Trinajstić information content (AvgIpc) is 2.99. The van der Waals surface area contributed by atoms with Crippen molar-refractivity contribution < 1.29 is 13.9 Å². The van der Waals surface area contributed by atoms with Gasteiger partial charge in [0.25, 0.3) is 5.91 Å². The summed E-state index contributed by atoms with van der Waals surface area (Å²) in [7, 11) is 0. The number of aromatic nitrogens is 3. The standard InChI is InChI=1S/C22H22ClFN4O2/c1-14(30-17-9-7-16(23)8-10-17)22(29)25-19-13-15(6-11-18(19)24)21-27-26-20-5-3-2-4-12-28(20)21/h6-11,13-14H,2-5,12H2,1H3,(H,25,29). The summed E-state index contributed by atoms with van der Waals surface area (Å²) >= 11 is 5.86. The molecule has 1 N–H and O–H groups in total. The topological polar surface area (TPSA) is 69.0 Å². The molecule has 8 heteroatoms. The van der Waals surface area contributed by atoms with Crippen LogP contribution in [0.15, 0.2) is 42.5 Å². The number of halogens is 2. The summed E-state index contributed by atoms with van der Waals surface area (Å²) in [6.45, 7) is 2.44. The molecule has 2 heterocycles. The number of hydrogen-bond donors (Lipinski definition) is 1. The summed E-state index contributed by atoms with van der Waals surface area (Å²) in [5.41, 5.74) is 0.786. The van der Waals surface area contributed by atoms with E-state index in [4.69, 9.17) is 16.3 Å². The van der Waals surface area contributed by atoms with E-state index in [1.54, 1.807) is 43.3 Å². The highest BCUT2D eigenvalue weighted by Crippen LogP contribution is 2.27. The van der Waals surface area contributed by atoms with E-state index in [1.807, 2.05) is 0 Å². The number of nitrogens with zero attached hydrogens (tertiary/aromatic N) is 3. The van der Waals surface area contributed by atoms with E-state index in [9.17, 15) is 9.18 Å². The van der Waals surface area contributed by atoms with Gasteiger partial charge in [0.05, 0.1) is 5.69 Å². The predicted molar refractivity (Wildman–Crippen MR) is 113 cm³/mol.